The highest BCUT2D eigenvalue weighted by Crippen LogP contribution is 2.24. The molecule has 0 spiro atoms. The van der Waals surface area contributed by atoms with Crippen molar-refractivity contribution in [1.29, 1.82) is 0 Å². The topological polar surface area (TPSA) is 61.4 Å². The van der Waals surface area contributed by atoms with Gasteiger partial charge in [0.05, 0.1) is 14.2 Å². The fraction of sp³-hybridized carbons (Fsp3) is 0.480. The molecule has 2 aromatic carbocycles. The van der Waals surface area contributed by atoms with Gasteiger partial charge in [-0.3, -0.25) is 9.89 Å². The third-order valence-corrected chi connectivity index (χ3v) is 5.64. The Kier molecular flexibility index (Phi) is 8.76. The van der Waals surface area contributed by atoms with Crippen LogP contribution in [0.5, 0.6) is 11.5 Å². The first-order valence-corrected chi connectivity index (χ1v) is 11.1. The van der Waals surface area contributed by atoms with Crippen LogP contribution in [0.2, 0.25) is 0 Å². The zero-order chi connectivity index (χ0) is 22.9. The van der Waals surface area contributed by atoms with Crippen molar-refractivity contribution >= 4 is 5.96 Å². The first kappa shape index (κ1) is 23.9. The lowest BCUT2D eigenvalue weighted by atomic mass is 10.1. The van der Waals surface area contributed by atoms with Gasteiger partial charge >= 0.3 is 0 Å². The van der Waals surface area contributed by atoms with Crippen LogP contribution in [-0.4, -0.2) is 70.3 Å². The molecule has 2 N–H and O–H groups in total. The molecule has 174 valence electrons. The summed E-state index contributed by atoms with van der Waals surface area (Å²) in [5.74, 6) is 2.50. The molecule has 0 aromatic heterocycles. The smallest absolute Gasteiger partial charge is 0.191 e. The Hall–Kier alpha value is -2.77. The van der Waals surface area contributed by atoms with E-state index in [1.165, 1.54) is 16.7 Å². The van der Waals surface area contributed by atoms with Gasteiger partial charge in [-0.25, -0.2) is 0 Å². The number of rotatable bonds is 9. The molecule has 1 unspecified atom stereocenters. The minimum absolute atomic E-state index is 0.371. The van der Waals surface area contributed by atoms with E-state index in [4.69, 9.17) is 9.47 Å². The molecule has 1 aliphatic rings. The lowest BCUT2D eigenvalue weighted by molar-refractivity contribution is 0.321. The van der Waals surface area contributed by atoms with Crippen LogP contribution in [-0.2, 0) is 19.6 Å². The fourth-order valence-electron chi connectivity index (χ4n) is 4.01. The number of ether oxygens (including phenoxy) is 2. The molecule has 7 nitrogen and oxygen atoms in total. The van der Waals surface area contributed by atoms with Crippen molar-refractivity contribution < 1.29 is 9.47 Å². The maximum Gasteiger partial charge on any atom is 0.191 e. The second-order valence-corrected chi connectivity index (χ2v) is 8.57. The van der Waals surface area contributed by atoms with Crippen molar-refractivity contribution in [3.63, 3.8) is 0 Å². The Morgan fingerprint density at radius 2 is 1.69 bits per heavy atom. The molecule has 32 heavy (non-hydrogen) atoms. The third-order valence-electron chi connectivity index (χ3n) is 5.64. The van der Waals surface area contributed by atoms with Gasteiger partial charge in [-0.15, -0.1) is 0 Å². The number of aliphatic imine (C=N–C) groups is 1. The molecule has 1 heterocycles. The van der Waals surface area contributed by atoms with Crippen molar-refractivity contribution in [3.8, 4) is 11.5 Å². The number of methoxy groups -OCH3 is 2. The second kappa shape index (κ2) is 11.7. The predicted molar refractivity (Wildman–Crippen MR) is 130 cm³/mol. The molecule has 2 aromatic rings. The molecule has 1 aliphatic heterocycles. The lowest BCUT2D eigenvalue weighted by Crippen LogP contribution is -2.44. The van der Waals surface area contributed by atoms with Gasteiger partial charge in [0, 0.05) is 51.9 Å². The Bertz CT molecular complexity index is 860. The quantitative estimate of drug-likeness (QED) is 0.463. The molecule has 0 bridgehead atoms. The van der Waals surface area contributed by atoms with E-state index in [9.17, 15) is 0 Å². The van der Waals surface area contributed by atoms with Crippen LogP contribution >= 0.6 is 0 Å². The largest absolute Gasteiger partial charge is 0.497 e. The Morgan fingerprint density at radius 3 is 2.28 bits per heavy atom. The number of guanidine groups is 1. The molecular formula is C25H37N5O2. The summed E-state index contributed by atoms with van der Waals surface area (Å²) in [7, 11) is 9.37. The number of nitrogens with zero attached hydrogens (tertiary/aromatic N) is 3. The van der Waals surface area contributed by atoms with E-state index < -0.39 is 0 Å². The van der Waals surface area contributed by atoms with Gasteiger partial charge in [-0.05, 0) is 49.3 Å². The molecule has 0 radical (unpaired) electrons. The van der Waals surface area contributed by atoms with Crippen LogP contribution in [0.3, 0.4) is 0 Å². The molecule has 0 amide bonds. The van der Waals surface area contributed by atoms with E-state index in [1.807, 2.05) is 13.1 Å². The summed E-state index contributed by atoms with van der Waals surface area (Å²) in [6, 6.07) is 15.2. The molecular weight excluding hydrogens is 402 g/mol. The molecule has 0 saturated carbocycles. The highest BCUT2D eigenvalue weighted by atomic mass is 16.5. The van der Waals surface area contributed by atoms with Gasteiger partial charge in [0.15, 0.2) is 5.96 Å². The van der Waals surface area contributed by atoms with Gasteiger partial charge in [-0.2, -0.15) is 0 Å². The third kappa shape index (κ3) is 7.14. The van der Waals surface area contributed by atoms with E-state index in [2.05, 4.69) is 75.9 Å². The minimum Gasteiger partial charge on any atom is -0.497 e. The Balaban J connectivity index is 1.47. The summed E-state index contributed by atoms with van der Waals surface area (Å²) in [6.07, 6.45) is 1.08. The summed E-state index contributed by atoms with van der Waals surface area (Å²) in [5, 5.41) is 7.02. The molecule has 1 atom stereocenters. The van der Waals surface area contributed by atoms with Gasteiger partial charge < -0.3 is 25.0 Å². The molecule has 1 saturated heterocycles. The van der Waals surface area contributed by atoms with Crippen molar-refractivity contribution in [3.05, 3.63) is 59.2 Å². The van der Waals surface area contributed by atoms with Crippen LogP contribution in [0, 0.1) is 0 Å². The maximum absolute atomic E-state index is 5.40. The molecule has 7 heteroatoms. The summed E-state index contributed by atoms with van der Waals surface area (Å²) < 4.78 is 10.8. The molecule has 3 rings (SSSR count). The highest BCUT2D eigenvalue weighted by Gasteiger charge is 2.23. The Morgan fingerprint density at radius 1 is 1.03 bits per heavy atom. The normalized spacial score (nSPS) is 16.9. The highest BCUT2D eigenvalue weighted by molar-refractivity contribution is 5.80. The van der Waals surface area contributed by atoms with E-state index >= 15 is 0 Å². The first-order valence-electron chi connectivity index (χ1n) is 11.1. The van der Waals surface area contributed by atoms with Crippen molar-refractivity contribution in [1.82, 2.24) is 20.4 Å². The standard InChI is InChI=1S/C25H37N5O2/c1-26-25(27-15-19-6-8-20(9-7-19)16-29(2)3)28-22-10-11-30(18-22)17-21-12-23(31-4)14-24(13-21)32-5/h6-9,12-14,22H,10-11,15-18H2,1-5H3,(H2,26,27,28). The summed E-state index contributed by atoms with van der Waals surface area (Å²) in [6.45, 7) is 4.59. The van der Waals surface area contributed by atoms with Gasteiger partial charge in [0.2, 0.25) is 0 Å². The van der Waals surface area contributed by atoms with Crippen molar-refractivity contribution in [2.45, 2.75) is 32.1 Å². The van der Waals surface area contributed by atoms with E-state index in [0.29, 0.717) is 6.04 Å². The van der Waals surface area contributed by atoms with Crippen LogP contribution in [0.4, 0.5) is 0 Å². The summed E-state index contributed by atoms with van der Waals surface area (Å²) >= 11 is 0. The van der Waals surface area contributed by atoms with Crippen LogP contribution in [0.1, 0.15) is 23.1 Å². The molecule has 0 aliphatic carbocycles. The number of likely N-dealkylation sites (tertiary alicyclic amines) is 1. The van der Waals surface area contributed by atoms with E-state index in [-0.39, 0.29) is 0 Å². The summed E-state index contributed by atoms with van der Waals surface area (Å²) in [4.78, 5) is 9.04. The number of benzene rings is 2. The zero-order valence-electron chi connectivity index (χ0n) is 20.0. The monoisotopic (exact) mass is 439 g/mol. The average molecular weight is 440 g/mol. The van der Waals surface area contributed by atoms with Gasteiger partial charge in [0.25, 0.3) is 0 Å². The fourth-order valence-corrected chi connectivity index (χ4v) is 4.01. The summed E-state index contributed by atoms with van der Waals surface area (Å²) in [5.41, 5.74) is 3.76. The number of nitrogens with one attached hydrogen (secondary N) is 2. The van der Waals surface area contributed by atoms with Gasteiger partial charge in [-0.1, -0.05) is 24.3 Å². The van der Waals surface area contributed by atoms with Gasteiger partial charge in [0.1, 0.15) is 11.5 Å². The van der Waals surface area contributed by atoms with Crippen molar-refractivity contribution in [2.24, 2.45) is 4.99 Å². The van der Waals surface area contributed by atoms with Crippen LogP contribution in [0.15, 0.2) is 47.5 Å². The van der Waals surface area contributed by atoms with Crippen LogP contribution < -0.4 is 20.1 Å². The lowest BCUT2D eigenvalue weighted by Gasteiger charge is -2.19. The van der Waals surface area contributed by atoms with E-state index in [1.54, 1.807) is 14.2 Å². The Labute approximate surface area is 192 Å². The predicted octanol–water partition coefficient (Wildman–Crippen LogP) is 2.70. The first-order chi connectivity index (χ1) is 15.5. The van der Waals surface area contributed by atoms with Crippen molar-refractivity contribution in [2.75, 3.05) is 48.5 Å². The molecule has 1 fully saturated rings. The van der Waals surface area contributed by atoms with E-state index in [0.717, 1.165) is 56.6 Å². The SMILES string of the molecule is CN=C(NCc1ccc(CN(C)C)cc1)NC1CCN(Cc2cc(OC)cc(OC)c2)C1. The minimum atomic E-state index is 0.371. The number of hydrogen-bond acceptors (Lipinski definition) is 5. The number of hydrogen-bond donors (Lipinski definition) is 2. The zero-order valence-corrected chi connectivity index (χ0v) is 20.0. The van der Waals surface area contributed by atoms with Crippen LogP contribution in [0.25, 0.3) is 0 Å². The average Bonchev–Trinajstić information content (AvgIpc) is 3.23. The second-order valence-electron chi connectivity index (χ2n) is 8.57. The maximum atomic E-state index is 5.40.